The van der Waals surface area contributed by atoms with Crippen molar-refractivity contribution in [2.24, 2.45) is 5.92 Å². The van der Waals surface area contributed by atoms with E-state index in [0.717, 1.165) is 17.3 Å². The van der Waals surface area contributed by atoms with Gasteiger partial charge in [0.2, 0.25) is 5.91 Å². The normalized spacial score (nSPS) is 12.7. The SMILES string of the molecule is CC(C)C(CI)NC(=O)CCCc1cccs1. The first-order valence-electron chi connectivity index (χ1n) is 6.01. The number of hydrogen-bond donors (Lipinski definition) is 1. The number of carbonyl (C=O) groups excluding carboxylic acids is 1. The van der Waals surface area contributed by atoms with Crippen LogP contribution in [-0.2, 0) is 11.2 Å². The van der Waals surface area contributed by atoms with Gasteiger partial charge in [-0.15, -0.1) is 11.3 Å². The summed E-state index contributed by atoms with van der Waals surface area (Å²) in [7, 11) is 0. The highest BCUT2D eigenvalue weighted by molar-refractivity contribution is 14.1. The summed E-state index contributed by atoms with van der Waals surface area (Å²) in [5, 5.41) is 5.19. The van der Waals surface area contributed by atoms with E-state index >= 15 is 0 Å². The molecule has 4 heteroatoms. The third-order valence-electron chi connectivity index (χ3n) is 2.72. The van der Waals surface area contributed by atoms with Crippen molar-refractivity contribution in [2.45, 2.75) is 39.2 Å². The fourth-order valence-corrected chi connectivity index (χ4v) is 3.53. The van der Waals surface area contributed by atoms with Crippen LogP contribution in [0, 0.1) is 5.92 Å². The number of nitrogens with one attached hydrogen (secondary N) is 1. The van der Waals surface area contributed by atoms with E-state index < -0.39 is 0 Å². The number of thiophene rings is 1. The van der Waals surface area contributed by atoms with E-state index in [1.54, 1.807) is 11.3 Å². The second-order valence-corrected chi connectivity index (χ2v) is 6.42. The van der Waals surface area contributed by atoms with Gasteiger partial charge in [-0.05, 0) is 30.2 Å². The van der Waals surface area contributed by atoms with Gasteiger partial charge in [-0.2, -0.15) is 0 Å². The second-order valence-electron chi connectivity index (χ2n) is 4.51. The number of halogens is 1. The number of carbonyl (C=O) groups is 1. The third kappa shape index (κ3) is 5.86. The largest absolute Gasteiger partial charge is 0.352 e. The van der Waals surface area contributed by atoms with Gasteiger partial charge in [-0.3, -0.25) is 4.79 Å². The lowest BCUT2D eigenvalue weighted by Gasteiger charge is -2.19. The minimum Gasteiger partial charge on any atom is -0.352 e. The first-order chi connectivity index (χ1) is 8.13. The maximum absolute atomic E-state index is 11.7. The van der Waals surface area contributed by atoms with Crippen LogP contribution in [0.25, 0.3) is 0 Å². The average molecular weight is 365 g/mol. The molecule has 0 aromatic carbocycles. The average Bonchev–Trinajstić information content (AvgIpc) is 2.78. The van der Waals surface area contributed by atoms with E-state index in [4.69, 9.17) is 0 Å². The smallest absolute Gasteiger partial charge is 0.220 e. The Labute approximate surface area is 121 Å². The Hall–Kier alpha value is -0.100. The molecule has 0 saturated carbocycles. The first-order valence-corrected chi connectivity index (χ1v) is 8.41. The summed E-state index contributed by atoms with van der Waals surface area (Å²) in [4.78, 5) is 13.1. The van der Waals surface area contributed by atoms with Crippen LogP contribution in [-0.4, -0.2) is 16.4 Å². The van der Waals surface area contributed by atoms with Gasteiger partial charge in [0.25, 0.3) is 0 Å². The van der Waals surface area contributed by atoms with Crippen molar-refractivity contribution >= 4 is 39.8 Å². The lowest BCUT2D eigenvalue weighted by Crippen LogP contribution is -2.39. The molecule has 96 valence electrons. The number of hydrogen-bond acceptors (Lipinski definition) is 2. The molecule has 17 heavy (non-hydrogen) atoms. The molecule has 0 saturated heterocycles. The third-order valence-corrected chi connectivity index (χ3v) is 4.61. The highest BCUT2D eigenvalue weighted by Crippen LogP contribution is 2.12. The van der Waals surface area contributed by atoms with Crippen molar-refractivity contribution in [1.29, 1.82) is 0 Å². The molecular formula is C13H20INOS. The Morgan fingerprint density at radius 2 is 2.29 bits per heavy atom. The zero-order valence-corrected chi connectivity index (χ0v) is 13.4. The zero-order chi connectivity index (χ0) is 12.7. The van der Waals surface area contributed by atoms with Gasteiger partial charge in [-0.1, -0.05) is 42.5 Å². The Kier molecular flexibility index (Phi) is 7.11. The van der Waals surface area contributed by atoms with Crippen LogP contribution >= 0.6 is 33.9 Å². The molecule has 0 spiro atoms. The number of rotatable bonds is 7. The predicted octanol–water partition coefficient (Wildman–Crippen LogP) is 3.65. The van der Waals surface area contributed by atoms with E-state index in [9.17, 15) is 4.79 Å². The predicted molar refractivity (Wildman–Crippen MR) is 82.9 cm³/mol. The number of alkyl halides is 1. The first kappa shape index (κ1) is 15.0. The maximum atomic E-state index is 11.7. The summed E-state index contributed by atoms with van der Waals surface area (Å²) >= 11 is 4.10. The molecule has 1 N–H and O–H groups in total. The maximum Gasteiger partial charge on any atom is 0.220 e. The zero-order valence-electron chi connectivity index (χ0n) is 10.4. The molecule has 0 aliphatic heterocycles. The molecule has 0 radical (unpaired) electrons. The highest BCUT2D eigenvalue weighted by atomic mass is 127. The lowest BCUT2D eigenvalue weighted by atomic mass is 10.1. The van der Waals surface area contributed by atoms with Gasteiger partial charge >= 0.3 is 0 Å². The highest BCUT2D eigenvalue weighted by Gasteiger charge is 2.14. The van der Waals surface area contributed by atoms with Crippen LogP contribution in [0.1, 0.15) is 31.6 Å². The lowest BCUT2D eigenvalue weighted by molar-refractivity contribution is -0.122. The van der Waals surface area contributed by atoms with Gasteiger partial charge in [0.1, 0.15) is 0 Å². The molecule has 1 heterocycles. The van der Waals surface area contributed by atoms with Gasteiger partial charge in [0, 0.05) is 21.8 Å². The standard InChI is InChI=1S/C13H20INOS/c1-10(2)12(9-14)15-13(16)7-3-5-11-6-4-8-17-11/h4,6,8,10,12H,3,5,7,9H2,1-2H3,(H,15,16). The Bertz CT molecular complexity index is 324. The molecule has 1 unspecified atom stereocenters. The van der Waals surface area contributed by atoms with Crippen molar-refractivity contribution in [1.82, 2.24) is 5.32 Å². The quantitative estimate of drug-likeness (QED) is 0.580. The molecule has 0 bridgehead atoms. The van der Waals surface area contributed by atoms with Crippen LogP contribution < -0.4 is 5.32 Å². The Morgan fingerprint density at radius 1 is 1.53 bits per heavy atom. The second kappa shape index (κ2) is 8.08. The molecule has 0 fully saturated rings. The minimum absolute atomic E-state index is 0.192. The molecule has 1 aromatic heterocycles. The van der Waals surface area contributed by atoms with Gasteiger partial charge in [0.15, 0.2) is 0 Å². The molecular weight excluding hydrogens is 345 g/mol. The van der Waals surface area contributed by atoms with Crippen molar-refractivity contribution in [3.8, 4) is 0 Å². The molecule has 0 aliphatic rings. The summed E-state index contributed by atoms with van der Waals surface area (Å²) in [6.07, 6.45) is 2.60. The number of amides is 1. The fraction of sp³-hybridized carbons (Fsp3) is 0.615. The summed E-state index contributed by atoms with van der Waals surface area (Å²) < 4.78 is 0.978. The van der Waals surface area contributed by atoms with E-state index in [0.29, 0.717) is 18.4 Å². The van der Waals surface area contributed by atoms with Crippen LogP contribution in [0.2, 0.25) is 0 Å². The van der Waals surface area contributed by atoms with Crippen molar-refractivity contribution in [3.63, 3.8) is 0 Å². The molecule has 0 aliphatic carbocycles. The fourth-order valence-electron chi connectivity index (χ4n) is 1.54. The summed E-state index contributed by atoms with van der Waals surface area (Å²) in [5.74, 6) is 0.699. The van der Waals surface area contributed by atoms with Crippen molar-refractivity contribution in [3.05, 3.63) is 22.4 Å². The molecule has 1 rings (SSSR count). The molecule has 1 aromatic rings. The van der Waals surface area contributed by atoms with Crippen LogP contribution in [0.5, 0.6) is 0 Å². The summed E-state index contributed by atoms with van der Waals surface area (Å²) in [5.41, 5.74) is 0. The van der Waals surface area contributed by atoms with Crippen LogP contribution in [0.3, 0.4) is 0 Å². The van der Waals surface area contributed by atoms with E-state index in [1.807, 2.05) is 0 Å². The van der Waals surface area contributed by atoms with E-state index in [1.165, 1.54) is 4.88 Å². The van der Waals surface area contributed by atoms with Crippen molar-refractivity contribution < 1.29 is 4.79 Å². The minimum atomic E-state index is 0.192. The van der Waals surface area contributed by atoms with E-state index in [-0.39, 0.29) is 5.91 Å². The molecule has 2 nitrogen and oxygen atoms in total. The van der Waals surface area contributed by atoms with Crippen LogP contribution in [0.15, 0.2) is 17.5 Å². The molecule has 1 atom stereocenters. The van der Waals surface area contributed by atoms with Gasteiger partial charge in [-0.25, -0.2) is 0 Å². The van der Waals surface area contributed by atoms with Crippen molar-refractivity contribution in [2.75, 3.05) is 4.43 Å². The summed E-state index contributed by atoms with van der Waals surface area (Å²) in [6.45, 7) is 4.30. The number of aryl methyl sites for hydroxylation is 1. The Balaban J connectivity index is 2.20. The topological polar surface area (TPSA) is 29.1 Å². The summed E-state index contributed by atoms with van der Waals surface area (Å²) in [6, 6.07) is 4.50. The molecule has 1 amide bonds. The monoisotopic (exact) mass is 365 g/mol. The van der Waals surface area contributed by atoms with Gasteiger partial charge in [0.05, 0.1) is 0 Å². The Morgan fingerprint density at radius 3 is 2.82 bits per heavy atom. The van der Waals surface area contributed by atoms with Crippen LogP contribution in [0.4, 0.5) is 0 Å². The van der Waals surface area contributed by atoms with Gasteiger partial charge < -0.3 is 5.32 Å². The van der Waals surface area contributed by atoms with E-state index in [2.05, 4.69) is 59.3 Å².